The zero-order chi connectivity index (χ0) is 13.0. The highest BCUT2D eigenvalue weighted by Crippen LogP contribution is 2.29. The summed E-state index contributed by atoms with van der Waals surface area (Å²) >= 11 is 0. The number of nitrogens with one attached hydrogen (secondary N) is 1. The molecule has 0 amide bonds. The maximum absolute atomic E-state index is 12.3. The molecule has 0 aliphatic carbocycles. The van der Waals surface area contributed by atoms with Crippen LogP contribution in [0.25, 0.3) is 0 Å². The fourth-order valence-corrected chi connectivity index (χ4v) is 1.52. The molecular formula is C14H11F3N. The van der Waals surface area contributed by atoms with Crippen molar-refractivity contribution in [1.82, 2.24) is 0 Å². The van der Waals surface area contributed by atoms with Gasteiger partial charge in [-0.15, -0.1) is 0 Å². The monoisotopic (exact) mass is 250 g/mol. The number of halogens is 3. The van der Waals surface area contributed by atoms with Gasteiger partial charge in [0.1, 0.15) is 0 Å². The fourth-order valence-electron chi connectivity index (χ4n) is 1.52. The summed E-state index contributed by atoms with van der Waals surface area (Å²) in [7, 11) is 0. The Balaban J connectivity index is 1.99. The van der Waals surface area contributed by atoms with Crippen LogP contribution in [0.3, 0.4) is 0 Å². The molecule has 0 saturated heterocycles. The van der Waals surface area contributed by atoms with E-state index in [0.29, 0.717) is 12.2 Å². The van der Waals surface area contributed by atoms with Crippen molar-refractivity contribution in [1.29, 1.82) is 0 Å². The molecule has 0 aliphatic heterocycles. The number of benzene rings is 2. The summed E-state index contributed by atoms with van der Waals surface area (Å²) in [5.41, 5.74) is 1.08. The summed E-state index contributed by atoms with van der Waals surface area (Å²) in [4.78, 5) is 0. The minimum atomic E-state index is -4.28. The third kappa shape index (κ3) is 3.26. The Morgan fingerprint density at radius 2 is 1.56 bits per heavy atom. The van der Waals surface area contributed by atoms with E-state index in [9.17, 15) is 13.2 Å². The highest BCUT2D eigenvalue weighted by molar-refractivity contribution is 5.45. The van der Waals surface area contributed by atoms with Crippen LogP contribution >= 0.6 is 0 Å². The lowest BCUT2D eigenvalue weighted by molar-refractivity contribution is -0.137. The molecule has 0 atom stereocenters. The Morgan fingerprint density at radius 1 is 0.944 bits per heavy atom. The highest BCUT2D eigenvalue weighted by atomic mass is 19.4. The van der Waals surface area contributed by atoms with Crippen molar-refractivity contribution >= 4 is 5.69 Å². The normalized spacial score (nSPS) is 11.3. The maximum atomic E-state index is 12.3. The largest absolute Gasteiger partial charge is 0.416 e. The van der Waals surface area contributed by atoms with Gasteiger partial charge in [0.15, 0.2) is 0 Å². The van der Waals surface area contributed by atoms with E-state index in [0.717, 1.165) is 17.7 Å². The van der Waals surface area contributed by atoms with Crippen LogP contribution in [0.5, 0.6) is 0 Å². The van der Waals surface area contributed by atoms with Gasteiger partial charge in [-0.2, -0.15) is 13.2 Å². The van der Waals surface area contributed by atoms with Gasteiger partial charge in [0.25, 0.3) is 0 Å². The number of anilines is 1. The Kier molecular flexibility index (Phi) is 3.55. The molecule has 18 heavy (non-hydrogen) atoms. The van der Waals surface area contributed by atoms with E-state index >= 15 is 0 Å². The van der Waals surface area contributed by atoms with Gasteiger partial charge < -0.3 is 5.32 Å². The number of alkyl halides is 3. The summed E-state index contributed by atoms with van der Waals surface area (Å²) in [6.45, 7) is 0.569. The van der Waals surface area contributed by atoms with Gasteiger partial charge >= 0.3 is 6.18 Å². The van der Waals surface area contributed by atoms with Crippen molar-refractivity contribution < 1.29 is 13.2 Å². The van der Waals surface area contributed by atoms with E-state index in [1.165, 1.54) is 12.1 Å². The van der Waals surface area contributed by atoms with E-state index < -0.39 is 11.7 Å². The molecule has 0 bridgehead atoms. The third-order valence-corrected chi connectivity index (χ3v) is 2.50. The first-order valence-corrected chi connectivity index (χ1v) is 5.42. The second-order valence-corrected chi connectivity index (χ2v) is 3.84. The molecule has 1 radical (unpaired) electrons. The first kappa shape index (κ1) is 12.5. The predicted octanol–water partition coefficient (Wildman–Crippen LogP) is 4.12. The molecule has 0 heterocycles. The summed E-state index contributed by atoms with van der Waals surface area (Å²) in [6.07, 6.45) is -4.28. The molecule has 0 spiro atoms. The molecule has 0 fully saturated rings. The Labute approximate surface area is 103 Å². The van der Waals surface area contributed by atoms with E-state index in [-0.39, 0.29) is 0 Å². The molecule has 0 aromatic heterocycles. The predicted molar refractivity (Wildman–Crippen MR) is 64.0 cm³/mol. The lowest BCUT2D eigenvalue weighted by Crippen LogP contribution is -2.05. The zero-order valence-corrected chi connectivity index (χ0v) is 9.46. The molecule has 1 nitrogen and oxygen atoms in total. The molecule has 2 aromatic carbocycles. The van der Waals surface area contributed by atoms with Gasteiger partial charge in [0, 0.05) is 12.2 Å². The molecule has 93 valence electrons. The molecule has 0 unspecified atom stereocenters. The van der Waals surface area contributed by atoms with Crippen molar-refractivity contribution in [3.05, 3.63) is 65.7 Å². The lowest BCUT2D eigenvalue weighted by Gasteiger charge is -2.09. The van der Waals surface area contributed by atoms with Crippen LogP contribution in [0.1, 0.15) is 11.1 Å². The first-order valence-electron chi connectivity index (χ1n) is 5.42. The van der Waals surface area contributed by atoms with E-state index in [2.05, 4.69) is 11.4 Å². The number of hydrogen-bond acceptors (Lipinski definition) is 1. The average Bonchev–Trinajstić information content (AvgIpc) is 2.37. The minimum Gasteiger partial charge on any atom is -0.381 e. The summed E-state index contributed by atoms with van der Waals surface area (Å²) in [5, 5.41) is 3.06. The topological polar surface area (TPSA) is 12.0 Å². The Morgan fingerprint density at radius 3 is 2.11 bits per heavy atom. The van der Waals surface area contributed by atoms with Gasteiger partial charge in [-0.05, 0) is 35.9 Å². The first-order chi connectivity index (χ1) is 8.55. The van der Waals surface area contributed by atoms with Gasteiger partial charge in [-0.25, -0.2) is 0 Å². The molecule has 0 aliphatic rings. The Hall–Kier alpha value is -1.97. The number of rotatable bonds is 3. The maximum Gasteiger partial charge on any atom is 0.416 e. The van der Waals surface area contributed by atoms with Crippen LogP contribution in [0, 0.1) is 6.07 Å². The molecule has 2 aromatic rings. The van der Waals surface area contributed by atoms with E-state index in [1.54, 1.807) is 12.1 Å². The second-order valence-electron chi connectivity index (χ2n) is 3.84. The van der Waals surface area contributed by atoms with Crippen LogP contribution in [0.15, 0.2) is 48.5 Å². The van der Waals surface area contributed by atoms with Crippen molar-refractivity contribution in [2.24, 2.45) is 0 Å². The van der Waals surface area contributed by atoms with Crippen molar-refractivity contribution in [3.63, 3.8) is 0 Å². The van der Waals surface area contributed by atoms with Gasteiger partial charge in [-0.1, -0.05) is 24.3 Å². The zero-order valence-electron chi connectivity index (χ0n) is 9.46. The quantitative estimate of drug-likeness (QED) is 0.864. The highest BCUT2D eigenvalue weighted by Gasteiger charge is 2.29. The van der Waals surface area contributed by atoms with Gasteiger partial charge in [0.05, 0.1) is 5.56 Å². The summed E-state index contributed by atoms with van der Waals surface area (Å²) in [5.74, 6) is 0. The minimum absolute atomic E-state index is 0.569. The van der Waals surface area contributed by atoms with Crippen molar-refractivity contribution in [3.8, 4) is 0 Å². The summed E-state index contributed by atoms with van der Waals surface area (Å²) in [6, 6.07) is 15.3. The van der Waals surface area contributed by atoms with Crippen LogP contribution < -0.4 is 5.32 Å². The van der Waals surface area contributed by atoms with Crippen LogP contribution in [-0.2, 0) is 12.7 Å². The smallest absolute Gasteiger partial charge is 0.381 e. The van der Waals surface area contributed by atoms with E-state index in [4.69, 9.17) is 0 Å². The van der Waals surface area contributed by atoms with Gasteiger partial charge in [0.2, 0.25) is 0 Å². The fraction of sp³-hybridized carbons (Fsp3) is 0.143. The second kappa shape index (κ2) is 5.12. The van der Waals surface area contributed by atoms with Crippen molar-refractivity contribution in [2.45, 2.75) is 12.7 Å². The lowest BCUT2D eigenvalue weighted by atomic mass is 10.2. The average molecular weight is 250 g/mol. The molecule has 1 N–H and O–H groups in total. The molecule has 4 heteroatoms. The van der Waals surface area contributed by atoms with Crippen molar-refractivity contribution in [2.75, 3.05) is 5.32 Å². The van der Waals surface area contributed by atoms with Crippen LogP contribution in [0.2, 0.25) is 0 Å². The summed E-state index contributed by atoms with van der Waals surface area (Å²) < 4.78 is 37.0. The third-order valence-electron chi connectivity index (χ3n) is 2.50. The van der Waals surface area contributed by atoms with Crippen LogP contribution in [-0.4, -0.2) is 0 Å². The molecule has 0 saturated carbocycles. The molecular weight excluding hydrogens is 239 g/mol. The standard InChI is InChI=1S/C14H11F3N/c15-14(16,17)12-6-8-13(9-7-12)18-10-11-4-2-1-3-5-11/h2-9,18H,10H2. The molecule has 2 rings (SSSR count). The van der Waals surface area contributed by atoms with Crippen LogP contribution in [0.4, 0.5) is 18.9 Å². The SMILES string of the molecule is FC(F)(F)c1ccc(NCc2cc[c]cc2)cc1. The number of hydrogen-bond donors (Lipinski definition) is 1. The van der Waals surface area contributed by atoms with Gasteiger partial charge in [-0.3, -0.25) is 0 Å². The van der Waals surface area contributed by atoms with E-state index in [1.807, 2.05) is 12.1 Å². The Bertz CT molecular complexity index is 489.